The Balaban J connectivity index is 1.88. The molecular weight excluding hydrogens is 322 g/mol. The lowest BCUT2D eigenvalue weighted by Crippen LogP contribution is -2.49. The number of aryl methyl sites for hydroxylation is 1. The summed E-state index contributed by atoms with van der Waals surface area (Å²) < 4.78 is 10.7. The van der Waals surface area contributed by atoms with Gasteiger partial charge in [-0.2, -0.15) is 0 Å². The molecule has 1 heterocycles. The first-order chi connectivity index (χ1) is 11.0. The highest BCUT2D eigenvalue weighted by Gasteiger charge is 2.31. The van der Waals surface area contributed by atoms with Crippen molar-refractivity contribution in [1.82, 2.24) is 5.32 Å². The maximum Gasteiger partial charge on any atom is 0.326 e. The van der Waals surface area contributed by atoms with Crippen LogP contribution in [0.15, 0.2) is 18.2 Å². The minimum atomic E-state index is -1.06. The molecule has 1 saturated heterocycles. The summed E-state index contributed by atoms with van der Waals surface area (Å²) in [6.45, 7) is 2.56. The van der Waals surface area contributed by atoms with Crippen molar-refractivity contribution in [2.24, 2.45) is 5.92 Å². The summed E-state index contributed by atoms with van der Waals surface area (Å²) in [5.74, 6) is -1.25. The van der Waals surface area contributed by atoms with E-state index in [9.17, 15) is 14.7 Å². The van der Waals surface area contributed by atoms with E-state index in [0.29, 0.717) is 30.4 Å². The second-order valence-electron chi connectivity index (χ2n) is 5.56. The Morgan fingerprint density at radius 1 is 1.52 bits per heavy atom. The molecule has 2 N–H and O–H groups in total. The molecule has 0 aliphatic carbocycles. The minimum Gasteiger partial charge on any atom is -0.484 e. The Morgan fingerprint density at radius 2 is 2.30 bits per heavy atom. The van der Waals surface area contributed by atoms with Gasteiger partial charge in [-0.25, -0.2) is 4.79 Å². The lowest BCUT2D eigenvalue weighted by Gasteiger charge is -2.28. The van der Waals surface area contributed by atoms with E-state index in [-0.39, 0.29) is 12.5 Å². The van der Waals surface area contributed by atoms with Crippen LogP contribution in [0.5, 0.6) is 5.75 Å². The summed E-state index contributed by atoms with van der Waals surface area (Å²) in [6.07, 6.45) is 1.51. The number of benzene rings is 1. The SMILES string of the molecule is Cc1cc(OCC(=O)NC(C(=O)O)C2CCCOC2)ccc1Cl. The van der Waals surface area contributed by atoms with Crippen LogP contribution >= 0.6 is 11.6 Å². The summed E-state index contributed by atoms with van der Waals surface area (Å²) >= 11 is 5.92. The maximum absolute atomic E-state index is 12.0. The number of carboxylic acids is 1. The van der Waals surface area contributed by atoms with Gasteiger partial charge in [0.2, 0.25) is 0 Å². The molecule has 1 aromatic carbocycles. The average molecular weight is 342 g/mol. The molecule has 2 rings (SSSR count). The van der Waals surface area contributed by atoms with Crippen molar-refractivity contribution in [2.75, 3.05) is 19.8 Å². The van der Waals surface area contributed by atoms with Gasteiger partial charge in [0.05, 0.1) is 6.61 Å². The highest BCUT2D eigenvalue weighted by Crippen LogP contribution is 2.21. The van der Waals surface area contributed by atoms with Gasteiger partial charge in [-0.05, 0) is 43.5 Å². The molecule has 0 radical (unpaired) electrons. The molecule has 1 aliphatic rings. The van der Waals surface area contributed by atoms with E-state index in [4.69, 9.17) is 21.1 Å². The molecule has 1 aromatic rings. The fourth-order valence-electron chi connectivity index (χ4n) is 2.48. The number of ether oxygens (including phenoxy) is 2. The number of carboxylic acid groups (broad SMARTS) is 1. The molecule has 0 bridgehead atoms. The lowest BCUT2D eigenvalue weighted by molar-refractivity contribution is -0.145. The van der Waals surface area contributed by atoms with Crippen molar-refractivity contribution in [3.8, 4) is 5.75 Å². The van der Waals surface area contributed by atoms with Crippen LogP contribution in [-0.2, 0) is 14.3 Å². The number of nitrogens with one attached hydrogen (secondary N) is 1. The van der Waals surface area contributed by atoms with E-state index in [1.165, 1.54) is 0 Å². The van der Waals surface area contributed by atoms with Crippen molar-refractivity contribution < 1.29 is 24.2 Å². The molecule has 7 heteroatoms. The first-order valence-electron chi connectivity index (χ1n) is 7.46. The van der Waals surface area contributed by atoms with Gasteiger partial charge in [-0.3, -0.25) is 4.79 Å². The number of aliphatic carboxylic acids is 1. The van der Waals surface area contributed by atoms with E-state index < -0.39 is 17.9 Å². The van der Waals surface area contributed by atoms with Crippen LogP contribution in [-0.4, -0.2) is 42.8 Å². The van der Waals surface area contributed by atoms with E-state index in [1.807, 2.05) is 6.92 Å². The average Bonchev–Trinajstić information content (AvgIpc) is 2.54. The van der Waals surface area contributed by atoms with E-state index in [2.05, 4.69) is 5.32 Å². The summed E-state index contributed by atoms with van der Waals surface area (Å²) in [7, 11) is 0. The fourth-order valence-corrected chi connectivity index (χ4v) is 2.60. The normalized spacial score (nSPS) is 19.0. The first-order valence-corrected chi connectivity index (χ1v) is 7.84. The highest BCUT2D eigenvalue weighted by molar-refractivity contribution is 6.31. The molecule has 2 atom stereocenters. The van der Waals surface area contributed by atoms with Crippen LogP contribution in [0.2, 0.25) is 5.02 Å². The van der Waals surface area contributed by atoms with Gasteiger partial charge in [0.15, 0.2) is 6.61 Å². The Bertz CT molecular complexity index is 572. The van der Waals surface area contributed by atoms with Crippen LogP contribution in [0.4, 0.5) is 0 Å². The van der Waals surface area contributed by atoms with Gasteiger partial charge < -0.3 is 19.9 Å². The molecular formula is C16H20ClNO5. The number of carbonyl (C=O) groups is 2. The second-order valence-corrected chi connectivity index (χ2v) is 5.97. The monoisotopic (exact) mass is 341 g/mol. The largest absolute Gasteiger partial charge is 0.484 e. The molecule has 1 fully saturated rings. The van der Waals surface area contributed by atoms with Crippen LogP contribution < -0.4 is 10.1 Å². The molecule has 2 unspecified atom stereocenters. The molecule has 126 valence electrons. The van der Waals surface area contributed by atoms with Crippen LogP contribution in [0.3, 0.4) is 0 Å². The molecule has 0 saturated carbocycles. The third kappa shape index (κ3) is 5.11. The molecule has 23 heavy (non-hydrogen) atoms. The number of carbonyl (C=O) groups excluding carboxylic acids is 1. The second kappa shape index (κ2) is 8.17. The van der Waals surface area contributed by atoms with E-state index >= 15 is 0 Å². The van der Waals surface area contributed by atoms with Gasteiger partial charge in [0.25, 0.3) is 5.91 Å². The number of rotatable bonds is 6. The highest BCUT2D eigenvalue weighted by atomic mass is 35.5. The van der Waals surface area contributed by atoms with Crippen molar-refractivity contribution in [1.29, 1.82) is 0 Å². The number of halogens is 1. The third-order valence-corrected chi connectivity index (χ3v) is 4.17. The smallest absolute Gasteiger partial charge is 0.326 e. The predicted octanol–water partition coefficient (Wildman–Crippen LogP) is 2.02. The van der Waals surface area contributed by atoms with E-state index in [1.54, 1.807) is 18.2 Å². The number of hydrogen-bond donors (Lipinski definition) is 2. The fraction of sp³-hybridized carbons (Fsp3) is 0.500. The topological polar surface area (TPSA) is 84.9 Å². The molecule has 1 amide bonds. The summed E-state index contributed by atoms with van der Waals surface area (Å²) in [4.78, 5) is 23.3. The number of hydrogen-bond acceptors (Lipinski definition) is 4. The summed E-state index contributed by atoms with van der Waals surface area (Å²) in [6, 6.07) is 4.10. The van der Waals surface area contributed by atoms with Crippen LogP contribution in [0.1, 0.15) is 18.4 Å². The molecule has 0 aromatic heterocycles. The molecule has 0 spiro atoms. The predicted molar refractivity (Wildman–Crippen MR) is 84.8 cm³/mol. The van der Waals surface area contributed by atoms with E-state index in [0.717, 1.165) is 12.0 Å². The maximum atomic E-state index is 12.0. The van der Waals surface area contributed by atoms with Gasteiger partial charge in [-0.15, -0.1) is 0 Å². The van der Waals surface area contributed by atoms with Crippen molar-refractivity contribution in [3.05, 3.63) is 28.8 Å². The van der Waals surface area contributed by atoms with Crippen molar-refractivity contribution >= 4 is 23.5 Å². The quantitative estimate of drug-likeness (QED) is 0.827. The van der Waals surface area contributed by atoms with Gasteiger partial charge in [0.1, 0.15) is 11.8 Å². The van der Waals surface area contributed by atoms with Crippen molar-refractivity contribution in [2.45, 2.75) is 25.8 Å². The Labute approximate surface area is 139 Å². The van der Waals surface area contributed by atoms with Gasteiger partial charge in [-0.1, -0.05) is 11.6 Å². The minimum absolute atomic E-state index is 0.219. The molecule has 6 nitrogen and oxygen atoms in total. The number of amides is 1. The Morgan fingerprint density at radius 3 is 2.91 bits per heavy atom. The summed E-state index contributed by atoms with van der Waals surface area (Å²) in [5, 5.41) is 12.4. The lowest BCUT2D eigenvalue weighted by atomic mass is 9.93. The van der Waals surface area contributed by atoms with Crippen molar-refractivity contribution in [3.63, 3.8) is 0 Å². The zero-order chi connectivity index (χ0) is 16.8. The zero-order valence-electron chi connectivity index (χ0n) is 12.9. The van der Waals surface area contributed by atoms with Crippen LogP contribution in [0.25, 0.3) is 0 Å². The Kier molecular flexibility index (Phi) is 6.24. The van der Waals surface area contributed by atoms with Gasteiger partial charge in [0, 0.05) is 17.5 Å². The third-order valence-electron chi connectivity index (χ3n) is 3.75. The molecule has 1 aliphatic heterocycles. The zero-order valence-corrected chi connectivity index (χ0v) is 13.6. The standard InChI is InChI=1S/C16H20ClNO5/c1-10-7-12(4-5-13(10)17)23-9-14(19)18-15(16(20)21)11-3-2-6-22-8-11/h4-5,7,11,15H,2-3,6,8-9H2,1H3,(H,18,19)(H,20,21). The van der Waals surface area contributed by atoms with Crippen LogP contribution in [0, 0.1) is 12.8 Å². The first kappa shape index (κ1) is 17.6. The summed E-state index contributed by atoms with van der Waals surface area (Å²) in [5.41, 5.74) is 0.840. The van der Waals surface area contributed by atoms with Gasteiger partial charge >= 0.3 is 5.97 Å². The Hall–Kier alpha value is -1.79.